The molecular weight excluding hydrogens is 294 g/mol. The molecule has 6 nitrogen and oxygen atoms in total. The van der Waals surface area contributed by atoms with Crippen LogP contribution in [0.4, 0.5) is 0 Å². The number of aromatic carboxylic acids is 1. The van der Waals surface area contributed by atoms with Gasteiger partial charge < -0.3 is 10.2 Å². The second-order valence-corrected chi connectivity index (χ2v) is 6.94. The van der Waals surface area contributed by atoms with Crippen LogP contribution in [0.3, 0.4) is 0 Å². The van der Waals surface area contributed by atoms with Gasteiger partial charge in [-0.1, -0.05) is 12.1 Å². The number of unbranched alkanes of at least 4 members (excludes halogenated alkanes) is 2. The zero-order valence-corrected chi connectivity index (χ0v) is 12.8. The van der Waals surface area contributed by atoms with Gasteiger partial charge >= 0.3 is 5.97 Å². The quantitative estimate of drug-likeness (QED) is 0.670. The van der Waals surface area contributed by atoms with Gasteiger partial charge in [-0.05, 0) is 37.0 Å². The third-order valence-electron chi connectivity index (χ3n) is 3.13. The smallest absolute Gasteiger partial charge is 0.335 e. The summed E-state index contributed by atoms with van der Waals surface area (Å²) >= 11 is 0. The van der Waals surface area contributed by atoms with Crippen LogP contribution in [0, 0.1) is 0 Å². The van der Waals surface area contributed by atoms with Crippen molar-refractivity contribution in [3.05, 3.63) is 35.4 Å². The predicted octanol–water partition coefficient (Wildman–Crippen LogP) is 1.31. The van der Waals surface area contributed by atoms with Crippen LogP contribution in [0.2, 0.25) is 0 Å². The number of carbonyl (C=O) groups is 1. The third kappa shape index (κ3) is 5.82. The van der Waals surface area contributed by atoms with Crippen LogP contribution in [0.5, 0.6) is 0 Å². The van der Waals surface area contributed by atoms with Crippen LogP contribution < -0.4 is 0 Å². The molecule has 0 aromatic heterocycles. The maximum atomic E-state index is 12.2. The Labute approximate surface area is 125 Å². The molecular formula is C14H21NO5S. The lowest BCUT2D eigenvalue weighted by atomic mass is 10.1. The second kappa shape index (κ2) is 8.11. The molecule has 0 saturated carbocycles. The van der Waals surface area contributed by atoms with Crippen molar-refractivity contribution in [3.8, 4) is 0 Å². The SMILES string of the molecule is CN(CCCCCO)S(=O)(=O)Cc1cccc(C(=O)O)c1. The van der Waals surface area contributed by atoms with E-state index >= 15 is 0 Å². The molecule has 0 spiro atoms. The van der Waals surface area contributed by atoms with Gasteiger partial charge in [-0.2, -0.15) is 0 Å². The molecule has 0 bridgehead atoms. The van der Waals surface area contributed by atoms with E-state index in [0.717, 1.165) is 6.42 Å². The van der Waals surface area contributed by atoms with Crippen molar-refractivity contribution in [3.63, 3.8) is 0 Å². The van der Waals surface area contributed by atoms with Gasteiger partial charge in [0.2, 0.25) is 10.0 Å². The van der Waals surface area contributed by atoms with Crippen LogP contribution in [0.1, 0.15) is 35.2 Å². The summed E-state index contributed by atoms with van der Waals surface area (Å²) in [6, 6.07) is 5.94. The van der Waals surface area contributed by atoms with Gasteiger partial charge in [-0.3, -0.25) is 0 Å². The van der Waals surface area contributed by atoms with Crippen molar-refractivity contribution in [2.45, 2.75) is 25.0 Å². The minimum atomic E-state index is -3.47. The zero-order valence-electron chi connectivity index (χ0n) is 12.0. The van der Waals surface area contributed by atoms with E-state index in [2.05, 4.69) is 0 Å². The summed E-state index contributed by atoms with van der Waals surface area (Å²) in [5.41, 5.74) is 0.533. The average Bonchev–Trinajstić information content (AvgIpc) is 2.43. The fourth-order valence-electron chi connectivity index (χ4n) is 1.88. The second-order valence-electron chi connectivity index (χ2n) is 4.87. The summed E-state index contributed by atoms with van der Waals surface area (Å²) in [7, 11) is -1.96. The number of benzene rings is 1. The standard InChI is InChI=1S/C14H21NO5S/c1-15(8-3-2-4-9-16)21(19,20)11-12-6-5-7-13(10-12)14(17)18/h5-7,10,16H,2-4,8-9,11H2,1H3,(H,17,18). The van der Waals surface area contributed by atoms with Crippen LogP contribution in [0.25, 0.3) is 0 Å². The first-order valence-electron chi connectivity index (χ1n) is 6.74. The first-order chi connectivity index (χ1) is 9.86. The molecule has 7 heteroatoms. The Morgan fingerprint density at radius 1 is 1.24 bits per heavy atom. The van der Waals surface area contributed by atoms with E-state index in [1.54, 1.807) is 6.07 Å². The molecule has 0 aliphatic carbocycles. The van der Waals surface area contributed by atoms with Crippen molar-refractivity contribution < 1.29 is 23.4 Å². The highest BCUT2D eigenvalue weighted by Crippen LogP contribution is 2.12. The van der Waals surface area contributed by atoms with Crippen molar-refractivity contribution in [1.82, 2.24) is 4.31 Å². The molecule has 2 N–H and O–H groups in total. The van der Waals surface area contributed by atoms with Crippen LogP contribution in [-0.4, -0.2) is 49.1 Å². The molecule has 0 radical (unpaired) electrons. The lowest BCUT2D eigenvalue weighted by Crippen LogP contribution is -2.29. The molecule has 1 aromatic carbocycles. The molecule has 0 fully saturated rings. The monoisotopic (exact) mass is 315 g/mol. The molecule has 0 heterocycles. The summed E-state index contributed by atoms with van der Waals surface area (Å²) in [6.45, 7) is 0.499. The summed E-state index contributed by atoms with van der Waals surface area (Å²) in [5.74, 6) is -1.29. The van der Waals surface area contributed by atoms with Gasteiger partial charge in [-0.15, -0.1) is 0 Å². The number of sulfonamides is 1. The number of aliphatic hydroxyl groups excluding tert-OH is 1. The molecule has 0 aliphatic heterocycles. The number of rotatable bonds is 9. The first-order valence-corrected chi connectivity index (χ1v) is 8.35. The van der Waals surface area contributed by atoms with Gasteiger partial charge in [0.1, 0.15) is 0 Å². The average molecular weight is 315 g/mol. The van der Waals surface area contributed by atoms with E-state index in [1.807, 2.05) is 0 Å². The summed E-state index contributed by atoms with van der Waals surface area (Å²) < 4.78 is 25.6. The van der Waals surface area contributed by atoms with Gasteiger partial charge in [-0.25, -0.2) is 17.5 Å². The Bertz CT molecular complexity index is 570. The minimum Gasteiger partial charge on any atom is -0.478 e. The van der Waals surface area contributed by atoms with Crippen LogP contribution in [0.15, 0.2) is 24.3 Å². The Kier molecular flexibility index (Phi) is 6.80. The van der Waals surface area contributed by atoms with E-state index in [0.29, 0.717) is 24.9 Å². The molecule has 1 aromatic rings. The van der Waals surface area contributed by atoms with Crippen molar-refractivity contribution in [2.75, 3.05) is 20.2 Å². The van der Waals surface area contributed by atoms with E-state index in [1.165, 1.54) is 29.6 Å². The predicted molar refractivity (Wildman–Crippen MR) is 79.6 cm³/mol. The van der Waals surface area contributed by atoms with Gasteiger partial charge in [0.25, 0.3) is 0 Å². The fraction of sp³-hybridized carbons (Fsp3) is 0.500. The van der Waals surface area contributed by atoms with Gasteiger partial charge in [0.15, 0.2) is 0 Å². The summed E-state index contributed by atoms with van der Waals surface area (Å²) in [6.07, 6.45) is 2.12. The zero-order chi connectivity index (χ0) is 15.9. The topological polar surface area (TPSA) is 94.9 Å². The van der Waals surface area contributed by atoms with E-state index < -0.39 is 16.0 Å². The van der Waals surface area contributed by atoms with Gasteiger partial charge in [0.05, 0.1) is 11.3 Å². The number of nitrogens with zero attached hydrogens (tertiary/aromatic N) is 1. The lowest BCUT2D eigenvalue weighted by Gasteiger charge is -2.17. The highest BCUT2D eigenvalue weighted by molar-refractivity contribution is 7.88. The fourth-order valence-corrected chi connectivity index (χ4v) is 3.11. The third-order valence-corrected chi connectivity index (χ3v) is 4.96. The molecule has 118 valence electrons. The van der Waals surface area contributed by atoms with Gasteiger partial charge in [0, 0.05) is 20.2 Å². The largest absolute Gasteiger partial charge is 0.478 e. The number of aliphatic hydroxyl groups is 1. The molecule has 21 heavy (non-hydrogen) atoms. The normalized spacial score (nSPS) is 11.8. The maximum absolute atomic E-state index is 12.2. The lowest BCUT2D eigenvalue weighted by molar-refractivity contribution is 0.0696. The number of hydrogen-bond donors (Lipinski definition) is 2. The van der Waals surface area contributed by atoms with E-state index in [-0.39, 0.29) is 17.9 Å². The molecule has 0 amide bonds. The summed E-state index contributed by atoms with van der Waals surface area (Å²) in [5, 5.41) is 17.6. The minimum absolute atomic E-state index is 0.0771. The highest BCUT2D eigenvalue weighted by atomic mass is 32.2. The highest BCUT2D eigenvalue weighted by Gasteiger charge is 2.18. The molecule has 0 aliphatic rings. The summed E-state index contributed by atoms with van der Waals surface area (Å²) in [4.78, 5) is 10.9. The molecule has 1 rings (SSSR count). The Balaban J connectivity index is 2.67. The molecule has 0 atom stereocenters. The van der Waals surface area contributed by atoms with Crippen molar-refractivity contribution in [2.24, 2.45) is 0 Å². The molecule has 0 unspecified atom stereocenters. The number of hydrogen-bond acceptors (Lipinski definition) is 4. The Morgan fingerprint density at radius 2 is 1.95 bits per heavy atom. The Hall–Kier alpha value is -1.44. The van der Waals surface area contributed by atoms with Crippen LogP contribution >= 0.6 is 0 Å². The maximum Gasteiger partial charge on any atom is 0.335 e. The Morgan fingerprint density at radius 3 is 2.57 bits per heavy atom. The first kappa shape index (κ1) is 17.6. The van der Waals surface area contributed by atoms with E-state index in [4.69, 9.17) is 10.2 Å². The van der Waals surface area contributed by atoms with Crippen molar-refractivity contribution in [1.29, 1.82) is 0 Å². The van der Waals surface area contributed by atoms with Crippen LogP contribution in [-0.2, 0) is 15.8 Å². The van der Waals surface area contributed by atoms with E-state index in [9.17, 15) is 13.2 Å². The number of carboxylic acid groups (broad SMARTS) is 1. The number of carboxylic acids is 1. The molecule has 0 saturated heterocycles. The van der Waals surface area contributed by atoms with Crippen molar-refractivity contribution >= 4 is 16.0 Å².